The molecule has 31 heavy (non-hydrogen) atoms. The van der Waals surface area contributed by atoms with Crippen molar-refractivity contribution in [2.45, 2.75) is 33.4 Å². The minimum absolute atomic E-state index is 0.0750. The molecule has 0 aliphatic carbocycles. The van der Waals surface area contributed by atoms with Crippen LogP contribution in [-0.2, 0) is 24.4 Å². The molecule has 0 spiro atoms. The van der Waals surface area contributed by atoms with Crippen LogP contribution in [0.1, 0.15) is 27.8 Å². The second-order valence-corrected chi connectivity index (χ2v) is 7.74. The molecule has 158 valence electrons. The molecular weight excluding hydrogens is 390 g/mol. The van der Waals surface area contributed by atoms with Gasteiger partial charge in [-0.2, -0.15) is 0 Å². The minimum atomic E-state index is -0.880. The van der Waals surface area contributed by atoms with Gasteiger partial charge in [0.25, 0.3) is 0 Å². The number of benzene rings is 3. The summed E-state index contributed by atoms with van der Waals surface area (Å²) in [6.45, 7) is 4.74. The summed E-state index contributed by atoms with van der Waals surface area (Å²) in [5.41, 5.74) is 13.4. The van der Waals surface area contributed by atoms with Crippen LogP contribution in [0.2, 0.25) is 0 Å². The summed E-state index contributed by atoms with van der Waals surface area (Å²) in [5, 5.41) is 10.2. The molecule has 0 atom stereocenters. The Hall–Kier alpha value is -3.57. The summed E-state index contributed by atoms with van der Waals surface area (Å²) >= 11 is 0. The number of rotatable bonds is 7. The number of aliphatic carboxylic acids is 1. The largest absolute Gasteiger partial charge is 0.488 e. The maximum atomic E-state index is 11.3. The molecule has 0 aliphatic heterocycles. The number of ether oxygens (including phenoxy) is 1. The first kappa shape index (κ1) is 20.7. The average molecular weight is 415 g/mol. The molecule has 0 aliphatic rings. The van der Waals surface area contributed by atoms with E-state index in [1.807, 2.05) is 56.3 Å². The first-order chi connectivity index (χ1) is 15.0. The molecule has 1 heterocycles. The molecule has 0 radical (unpaired) electrons. The molecule has 3 aromatic carbocycles. The number of hydrogen-bond acceptors (Lipinski definition) is 4. The van der Waals surface area contributed by atoms with Crippen LogP contribution in [-0.4, -0.2) is 11.1 Å². The Morgan fingerprint density at radius 2 is 1.90 bits per heavy atom. The van der Waals surface area contributed by atoms with Crippen molar-refractivity contribution in [1.82, 2.24) is 0 Å². The smallest absolute Gasteiger partial charge is 0.307 e. The highest BCUT2D eigenvalue weighted by Gasteiger charge is 2.15. The summed E-state index contributed by atoms with van der Waals surface area (Å²) in [6.07, 6.45) is 1.61. The molecule has 1 aromatic heterocycles. The lowest BCUT2D eigenvalue weighted by atomic mass is 9.99. The van der Waals surface area contributed by atoms with E-state index in [1.165, 1.54) is 0 Å². The van der Waals surface area contributed by atoms with E-state index in [9.17, 15) is 9.90 Å². The molecule has 0 unspecified atom stereocenters. The number of nitrogens with two attached hydrogens (primary N) is 1. The predicted molar refractivity (Wildman–Crippen MR) is 121 cm³/mol. The number of carboxylic acids is 1. The van der Waals surface area contributed by atoms with Crippen molar-refractivity contribution in [2.75, 3.05) is 0 Å². The number of carbonyl (C=O) groups is 1. The van der Waals surface area contributed by atoms with Crippen molar-refractivity contribution in [2.24, 2.45) is 5.73 Å². The van der Waals surface area contributed by atoms with Gasteiger partial charge in [-0.05, 0) is 65.9 Å². The summed E-state index contributed by atoms with van der Waals surface area (Å²) in [6, 6.07) is 17.9. The normalized spacial score (nSPS) is 11.1. The van der Waals surface area contributed by atoms with Crippen LogP contribution in [0, 0.1) is 13.8 Å². The van der Waals surface area contributed by atoms with Crippen molar-refractivity contribution in [3.63, 3.8) is 0 Å². The van der Waals surface area contributed by atoms with E-state index in [4.69, 9.17) is 14.9 Å². The van der Waals surface area contributed by atoms with E-state index in [2.05, 4.69) is 12.1 Å². The fourth-order valence-electron chi connectivity index (χ4n) is 3.81. The van der Waals surface area contributed by atoms with Gasteiger partial charge < -0.3 is 20.0 Å². The molecule has 0 fully saturated rings. The summed E-state index contributed by atoms with van der Waals surface area (Å²) in [5.74, 6) is -0.239. The van der Waals surface area contributed by atoms with Crippen LogP contribution in [0.5, 0.6) is 5.75 Å². The van der Waals surface area contributed by atoms with Gasteiger partial charge in [0.05, 0.1) is 12.7 Å². The molecule has 5 nitrogen and oxygen atoms in total. The van der Waals surface area contributed by atoms with Crippen molar-refractivity contribution in [3.8, 4) is 16.9 Å². The fraction of sp³-hybridized carbons (Fsp3) is 0.192. The second kappa shape index (κ2) is 8.66. The lowest BCUT2D eigenvalue weighted by molar-refractivity contribution is -0.136. The van der Waals surface area contributed by atoms with Crippen LogP contribution in [0.3, 0.4) is 0 Å². The average Bonchev–Trinajstić information content (AvgIpc) is 3.24. The summed E-state index contributed by atoms with van der Waals surface area (Å²) in [4.78, 5) is 11.3. The van der Waals surface area contributed by atoms with Gasteiger partial charge in [0.1, 0.15) is 17.9 Å². The van der Waals surface area contributed by atoms with Gasteiger partial charge in [-0.25, -0.2) is 0 Å². The number of fused-ring (bicyclic) bond motifs is 1. The topological polar surface area (TPSA) is 85.7 Å². The zero-order chi connectivity index (χ0) is 22.0. The molecule has 5 heteroatoms. The van der Waals surface area contributed by atoms with Gasteiger partial charge in [-0.15, -0.1) is 0 Å². The number of hydrogen-bond donors (Lipinski definition) is 2. The lowest BCUT2D eigenvalue weighted by Crippen LogP contribution is -2.06. The van der Waals surface area contributed by atoms with Crippen molar-refractivity contribution >= 4 is 16.9 Å². The Bertz CT molecular complexity index is 1260. The maximum Gasteiger partial charge on any atom is 0.307 e. The second-order valence-electron chi connectivity index (χ2n) is 7.74. The fourth-order valence-corrected chi connectivity index (χ4v) is 3.81. The van der Waals surface area contributed by atoms with Gasteiger partial charge in [0, 0.05) is 23.1 Å². The van der Waals surface area contributed by atoms with Crippen LogP contribution in [0.15, 0.2) is 65.3 Å². The van der Waals surface area contributed by atoms with Crippen LogP contribution < -0.4 is 10.5 Å². The molecule has 0 bridgehead atoms. The highest BCUT2D eigenvalue weighted by atomic mass is 16.5. The molecule has 0 amide bonds. The molecule has 0 saturated heterocycles. The van der Waals surface area contributed by atoms with Gasteiger partial charge in [-0.3, -0.25) is 4.79 Å². The van der Waals surface area contributed by atoms with Gasteiger partial charge >= 0.3 is 5.97 Å². The molecular formula is C26H25NO4. The Labute approximate surface area is 181 Å². The Kier molecular flexibility index (Phi) is 5.78. The van der Waals surface area contributed by atoms with E-state index >= 15 is 0 Å². The third kappa shape index (κ3) is 4.32. The quantitative estimate of drug-likeness (QED) is 0.423. The van der Waals surface area contributed by atoms with Crippen LogP contribution >= 0.6 is 0 Å². The van der Waals surface area contributed by atoms with Crippen LogP contribution in [0.25, 0.3) is 22.1 Å². The van der Waals surface area contributed by atoms with E-state index in [1.54, 1.807) is 6.26 Å². The number of carboxylic acid groups (broad SMARTS) is 1. The first-order valence-electron chi connectivity index (χ1n) is 10.2. The zero-order valence-corrected chi connectivity index (χ0v) is 17.6. The van der Waals surface area contributed by atoms with E-state index in [0.29, 0.717) is 24.5 Å². The molecule has 4 aromatic rings. The van der Waals surface area contributed by atoms with Gasteiger partial charge in [0.15, 0.2) is 0 Å². The number of aryl methyl sites for hydroxylation is 1. The van der Waals surface area contributed by atoms with Gasteiger partial charge in [0.2, 0.25) is 0 Å². The zero-order valence-electron chi connectivity index (χ0n) is 17.6. The van der Waals surface area contributed by atoms with Crippen molar-refractivity contribution < 1.29 is 19.1 Å². The SMILES string of the molecule is Cc1ccc(CC(=O)O)c(OCc2cc(-c3cccc(CN)c3)c3occc3c2)c1C. The predicted octanol–water partition coefficient (Wildman–Crippen LogP) is 5.38. The number of furan rings is 1. The lowest BCUT2D eigenvalue weighted by Gasteiger charge is -2.16. The highest BCUT2D eigenvalue weighted by molar-refractivity contribution is 5.93. The van der Waals surface area contributed by atoms with Crippen molar-refractivity contribution in [3.05, 3.63) is 88.7 Å². The Balaban J connectivity index is 1.71. The standard InChI is InChI=1S/C26H25NO4/c1-16-6-7-21(13-24(28)29)25(17(16)2)31-15-19-11-22-8-9-30-26(22)23(12-19)20-5-3-4-18(10-20)14-27/h3-12H,13-15,27H2,1-2H3,(H,28,29). The van der Waals surface area contributed by atoms with Crippen molar-refractivity contribution in [1.29, 1.82) is 0 Å². The first-order valence-corrected chi connectivity index (χ1v) is 10.2. The summed E-state index contributed by atoms with van der Waals surface area (Å²) in [7, 11) is 0. The minimum Gasteiger partial charge on any atom is -0.488 e. The third-order valence-electron chi connectivity index (χ3n) is 5.57. The molecule has 0 saturated carbocycles. The summed E-state index contributed by atoms with van der Waals surface area (Å²) < 4.78 is 11.9. The van der Waals surface area contributed by atoms with Gasteiger partial charge in [-0.1, -0.05) is 30.3 Å². The molecule has 4 rings (SSSR count). The highest BCUT2D eigenvalue weighted by Crippen LogP contribution is 2.33. The monoisotopic (exact) mass is 415 g/mol. The Morgan fingerprint density at radius 3 is 2.68 bits per heavy atom. The Morgan fingerprint density at radius 1 is 1.06 bits per heavy atom. The molecule has 3 N–H and O–H groups in total. The van der Waals surface area contributed by atoms with Crippen LogP contribution in [0.4, 0.5) is 0 Å². The maximum absolute atomic E-state index is 11.3. The third-order valence-corrected chi connectivity index (χ3v) is 5.57. The van der Waals surface area contributed by atoms with E-state index < -0.39 is 5.97 Å². The van der Waals surface area contributed by atoms with E-state index in [-0.39, 0.29) is 6.42 Å². The van der Waals surface area contributed by atoms with E-state index in [0.717, 1.165) is 44.3 Å².